The van der Waals surface area contributed by atoms with E-state index in [2.05, 4.69) is 5.32 Å². The number of anilines is 1. The first-order valence-corrected chi connectivity index (χ1v) is 8.25. The van der Waals surface area contributed by atoms with Gasteiger partial charge in [-0.25, -0.2) is 0 Å². The summed E-state index contributed by atoms with van der Waals surface area (Å²) in [6.45, 7) is 0. The average Bonchev–Trinajstić information content (AvgIpc) is 2.95. The Bertz CT molecular complexity index is 593. The van der Waals surface area contributed by atoms with Crippen molar-refractivity contribution < 1.29 is 14.7 Å². The maximum atomic E-state index is 12.4. The summed E-state index contributed by atoms with van der Waals surface area (Å²) in [5.74, 6) is 2.59. The summed E-state index contributed by atoms with van der Waals surface area (Å²) in [6.07, 6.45) is 4.68. The van der Waals surface area contributed by atoms with Gasteiger partial charge in [0.05, 0.1) is 0 Å². The second kappa shape index (κ2) is 5.11. The van der Waals surface area contributed by atoms with Gasteiger partial charge in [-0.05, 0) is 67.1 Å². The zero-order valence-corrected chi connectivity index (χ0v) is 12.5. The Balaban J connectivity index is 1.34. The first-order valence-electron chi connectivity index (χ1n) is 8.25. The van der Waals surface area contributed by atoms with E-state index in [0.717, 1.165) is 23.1 Å². The minimum Gasteiger partial charge on any atom is -0.481 e. The van der Waals surface area contributed by atoms with Crippen molar-refractivity contribution in [1.29, 1.82) is 0 Å². The van der Waals surface area contributed by atoms with Gasteiger partial charge in [0.25, 0.3) is 0 Å². The summed E-state index contributed by atoms with van der Waals surface area (Å²) in [7, 11) is 0. The second-order valence-corrected chi connectivity index (χ2v) is 7.09. The van der Waals surface area contributed by atoms with Gasteiger partial charge in [-0.1, -0.05) is 12.1 Å². The van der Waals surface area contributed by atoms with Crippen LogP contribution in [0.4, 0.5) is 5.69 Å². The van der Waals surface area contributed by atoms with Crippen LogP contribution >= 0.6 is 0 Å². The molecule has 4 atom stereocenters. The molecule has 1 aromatic rings. The molecular formula is C18H21NO3. The maximum absolute atomic E-state index is 12.4. The molecule has 0 unspecified atom stereocenters. The first kappa shape index (κ1) is 13.8. The van der Waals surface area contributed by atoms with Gasteiger partial charge in [-0.15, -0.1) is 0 Å². The summed E-state index contributed by atoms with van der Waals surface area (Å²) in [5, 5.41) is 11.7. The molecule has 0 radical (unpaired) electrons. The Labute approximate surface area is 129 Å². The number of benzene rings is 1. The molecule has 3 aliphatic carbocycles. The van der Waals surface area contributed by atoms with Gasteiger partial charge in [-0.3, -0.25) is 9.59 Å². The number of fused-ring (bicyclic) bond motifs is 5. The summed E-state index contributed by atoms with van der Waals surface area (Å²) in [6, 6.07) is 7.55. The number of nitrogens with one attached hydrogen (secondary N) is 1. The molecule has 0 aliphatic heterocycles. The molecule has 4 heteroatoms. The number of carbonyl (C=O) groups is 2. The third kappa shape index (κ3) is 2.31. The predicted molar refractivity (Wildman–Crippen MR) is 82.3 cm³/mol. The molecule has 2 bridgehead atoms. The fourth-order valence-electron chi connectivity index (χ4n) is 4.91. The van der Waals surface area contributed by atoms with E-state index in [1.54, 1.807) is 0 Å². The van der Waals surface area contributed by atoms with Gasteiger partial charge in [0.1, 0.15) is 0 Å². The Hall–Kier alpha value is -1.84. The Kier molecular flexibility index (Phi) is 3.21. The number of hydrogen-bond acceptors (Lipinski definition) is 2. The highest BCUT2D eigenvalue weighted by Crippen LogP contribution is 2.69. The summed E-state index contributed by atoms with van der Waals surface area (Å²) in [5.41, 5.74) is 1.81. The van der Waals surface area contributed by atoms with Crippen LogP contribution < -0.4 is 5.32 Å². The van der Waals surface area contributed by atoms with Crippen LogP contribution in [0, 0.1) is 29.6 Å². The standard InChI is InChI=1S/C18H21NO3/c20-14(21)8-3-10-1-6-13(7-2-10)19-18(22)17-15-11-4-5-12(9-11)16(15)17/h1-2,6-7,11-12,15-17H,3-5,8-9H2,(H,19,22)(H,20,21)/t11-,12-,15+,16+/m0/s1. The Morgan fingerprint density at radius 1 is 1.09 bits per heavy atom. The lowest BCUT2D eigenvalue weighted by atomic mass is 10.0. The van der Waals surface area contributed by atoms with E-state index in [4.69, 9.17) is 5.11 Å². The third-order valence-corrected chi connectivity index (χ3v) is 5.89. The van der Waals surface area contributed by atoms with E-state index < -0.39 is 5.97 Å². The molecule has 4 nitrogen and oxygen atoms in total. The van der Waals surface area contributed by atoms with Crippen LogP contribution in [0.2, 0.25) is 0 Å². The molecule has 4 rings (SSSR count). The number of carbonyl (C=O) groups excluding carboxylic acids is 1. The lowest BCUT2D eigenvalue weighted by Crippen LogP contribution is -2.18. The third-order valence-electron chi connectivity index (χ3n) is 5.89. The van der Waals surface area contributed by atoms with Crippen molar-refractivity contribution in [3.05, 3.63) is 29.8 Å². The van der Waals surface area contributed by atoms with Crippen molar-refractivity contribution in [3.63, 3.8) is 0 Å². The predicted octanol–water partition coefficient (Wildman–Crippen LogP) is 2.93. The highest BCUT2D eigenvalue weighted by molar-refractivity contribution is 5.95. The zero-order valence-electron chi connectivity index (χ0n) is 12.5. The number of aliphatic carboxylic acids is 1. The van der Waals surface area contributed by atoms with Crippen LogP contribution in [0.25, 0.3) is 0 Å². The van der Waals surface area contributed by atoms with Gasteiger partial charge < -0.3 is 10.4 Å². The Morgan fingerprint density at radius 2 is 1.73 bits per heavy atom. The second-order valence-electron chi connectivity index (χ2n) is 7.09. The van der Waals surface area contributed by atoms with Crippen molar-refractivity contribution in [2.75, 3.05) is 5.32 Å². The average molecular weight is 299 g/mol. The van der Waals surface area contributed by atoms with E-state index in [1.807, 2.05) is 24.3 Å². The van der Waals surface area contributed by atoms with E-state index in [0.29, 0.717) is 18.3 Å². The minimum absolute atomic E-state index is 0.139. The minimum atomic E-state index is -0.785. The molecule has 3 saturated carbocycles. The van der Waals surface area contributed by atoms with Gasteiger partial charge in [-0.2, -0.15) is 0 Å². The van der Waals surface area contributed by atoms with E-state index in [9.17, 15) is 9.59 Å². The summed E-state index contributed by atoms with van der Waals surface area (Å²) in [4.78, 5) is 23.0. The molecule has 22 heavy (non-hydrogen) atoms. The number of carboxylic acids is 1. The van der Waals surface area contributed by atoms with E-state index >= 15 is 0 Å². The number of aryl methyl sites for hydroxylation is 1. The van der Waals surface area contributed by atoms with Crippen LogP contribution in [-0.2, 0) is 16.0 Å². The number of rotatable bonds is 5. The van der Waals surface area contributed by atoms with Crippen LogP contribution in [0.3, 0.4) is 0 Å². The van der Waals surface area contributed by atoms with E-state index in [-0.39, 0.29) is 18.2 Å². The quantitative estimate of drug-likeness (QED) is 0.878. The normalized spacial score (nSPS) is 34.3. The molecule has 0 heterocycles. The molecule has 0 aromatic heterocycles. The summed E-state index contributed by atoms with van der Waals surface area (Å²) >= 11 is 0. The highest BCUT2D eigenvalue weighted by Gasteiger charge is 2.67. The van der Waals surface area contributed by atoms with Gasteiger partial charge in [0.15, 0.2) is 0 Å². The molecule has 3 aliphatic rings. The largest absolute Gasteiger partial charge is 0.481 e. The number of amides is 1. The smallest absolute Gasteiger partial charge is 0.303 e. The van der Waals surface area contributed by atoms with Gasteiger partial charge in [0, 0.05) is 18.0 Å². The van der Waals surface area contributed by atoms with Gasteiger partial charge >= 0.3 is 5.97 Å². The maximum Gasteiger partial charge on any atom is 0.303 e. The first-order chi connectivity index (χ1) is 10.6. The van der Waals surface area contributed by atoms with Crippen LogP contribution in [-0.4, -0.2) is 17.0 Å². The van der Waals surface area contributed by atoms with Crippen LogP contribution in [0.1, 0.15) is 31.2 Å². The summed E-state index contributed by atoms with van der Waals surface area (Å²) < 4.78 is 0. The van der Waals surface area contributed by atoms with E-state index in [1.165, 1.54) is 19.3 Å². The monoisotopic (exact) mass is 299 g/mol. The molecule has 0 saturated heterocycles. The fraction of sp³-hybridized carbons (Fsp3) is 0.556. The Morgan fingerprint density at radius 3 is 2.32 bits per heavy atom. The molecule has 0 spiro atoms. The van der Waals surface area contributed by atoms with Crippen molar-refractivity contribution in [2.45, 2.75) is 32.1 Å². The lowest BCUT2D eigenvalue weighted by Gasteiger charge is -2.10. The molecule has 2 N–H and O–H groups in total. The van der Waals surface area contributed by atoms with Crippen molar-refractivity contribution in [3.8, 4) is 0 Å². The SMILES string of the molecule is O=C(O)CCc1ccc(NC(=O)C2[C@@H]3[C@H]4CC[C@@H](C4)[C@@H]23)cc1. The van der Waals surface area contributed by atoms with Crippen molar-refractivity contribution in [2.24, 2.45) is 29.6 Å². The lowest BCUT2D eigenvalue weighted by molar-refractivity contribution is -0.137. The van der Waals surface area contributed by atoms with Crippen molar-refractivity contribution >= 4 is 17.6 Å². The van der Waals surface area contributed by atoms with Crippen LogP contribution in [0.5, 0.6) is 0 Å². The number of carboxylic acid groups (broad SMARTS) is 1. The van der Waals surface area contributed by atoms with Crippen LogP contribution in [0.15, 0.2) is 24.3 Å². The molecule has 116 valence electrons. The van der Waals surface area contributed by atoms with Crippen molar-refractivity contribution in [1.82, 2.24) is 0 Å². The topological polar surface area (TPSA) is 66.4 Å². The molecule has 1 aromatic carbocycles. The highest BCUT2D eigenvalue weighted by atomic mass is 16.4. The zero-order chi connectivity index (χ0) is 15.3. The fourth-order valence-corrected chi connectivity index (χ4v) is 4.91. The van der Waals surface area contributed by atoms with Gasteiger partial charge in [0.2, 0.25) is 5.91 Å². The molecule has 3 fully saturated rings. The number of hydrogen-bond donors (Lipinski definition) is 2. The molecule has 1 amide bonds. The molecular weight excluding hydrogens is 278 g/mol.